The number of nitrogens with zero attached hydrogens (tertiary/aromatic N) is 6. The summed E-state index contributed by atoms with van der Waals surface area (Å²) in [5, 5.41) is 3.39. The van der Waals surface area contributed by atoms with Crippen LogP contribution in [0, 0.1) is 6.92 Å². The molecule has 1 amide bonds. The van der Waals surface area contributed by atoms with Gasteiger partial charge in [0.05, 0.1) is 23.8 Å². The smallest absolute Gasteiger partial charge is 0.245 e. The molecule has 1 N–H and O–H groups in total. The van der Waals surface area contributed by atoms with E-state index in [9.17, 15) is 4.79 Å². The largest absolute Gasteiger partial charge is 0.470 e. The Bertz CT molecular complexity index is 1480. The standard InChI is InChI=1S/C26H26ClN7O2/c1-16-5-8-28-17(11-16)13-34-23(32-22-24(34)30-15-31-25(22)36-26(2)6-7-26)19-4-3-18(12-20(19)27)33-10-9-29-21(35)14-33/h3-5,8,11-12,15H,6-7,9-10,13-14H2,1-2H3,(H,29,35). The zero-order valence-corrected chi connectivity index (χ0v) is 20.9. The quantitative estimate of drug-likeness (QED) is 0.427. The number of carbonyl (C=O) groups is 1. The second kappa shape index (κ2) is 8.74. The van der Waals surface area contributed by atoms with Gasteiger partial charge in [-0.1, -0.05) is 11.6 Å². The van der Waals surface area contributed by atoms with Gasteiger partial charge in [-0.15, -0.1) is 0 Å². The first-order valence-corrected chi connectivity index (χ1v) is 12.4. The van der Waals surface area contributed by atoms with Crippen LogP contribution < -0.4 is 15.0 Å². The Hall–Kier alpha value is -3.72. The third-order valence-electron chi connectivity index (χ3n) is 6.68. The number of amides is 1. The molecule has 1 saturated heterocycles. The Morgan fingerprint density at radius 3 is 2.78 bits per heavy atom. The number of aryl methyl sites for hydroxylation is 1. The van der Waals surface area contributed by atoms with E-state index < -0.39 is 0 Å². The Morgan fingerprint density at radius 2 is 2.03 bits per heavy atom. The number of ether oxygens (including phenoxy) is 1. The molecule has 1 saturated carbocycles. The lowest BCUT2D eigenvalue weighted by molar-refractivity contribution is -0.120. The second-order valence-corrected chi connectivity index (χ2v) is 10.1. The summed E-state index contributed by atoms with van der Waals surface area (Å²) in [4.78, 5) is 32.4. The second-order valence-electron chi connectivity index (χ2n) is 9.68. The topological polar surface area (TPSA) is 98.1 Å². The fourth-order valence-corrected chi connectivity index (χ4v) is 4.70. The molecule has 0 spiro atoms. The van der Waals surface area contributed by atoms with Gasteiger partial charge >= 0.3 is 0 Å². The van der Waals surface area contributed by atoms with E-state index in [1.54, 1.807) is 6.20 Å². The van der Waals surface area contributed by atoms with Gasteiger partial charge in [0.2, 0.25) is 11.8 Å². The van der Waals surface area contributed by atoms with Crippen LogP contribution in [0.15, 0.2) is 42.9 Å². The van der Waals surface area contributed by atoms with Crippen molar-refractivity contribution in [3.8, 4) is 17.3 Å². The number of aromatic nitrogens is 5. The molecule has 1 aliphatic carbocycles. The molecule has 4 heterocycles. The highest BCUT2D eigenvalue weighted by Gasteiger charge is 2.41. The van der Waals surface area contributed by atoms with Crippen molar-refractivity contribution in [2.24, 2.45) is 0 Å². The molecule has 4 aromatic rings. The molecule has 0 bridgehead atoms. The van der Waals surface area contributed by atoms with E-state index >= 15 is 0 Å². The zero-order chi connectivity index (χ0) is 24.9. The number of rotatable bonds is 6. The third-order valence-corrected chi connectivity index (χ3v) is 7.00. The minimum atomic E-state index is -0.205. The first kappa shape index (κ1) is 22.7. The van der Waals surface area contributed by atoms with E-state index in [0.29, 0.717) is 47.5 Å². The summed E-state index contributed by atoms with van der Waals surface area (Å²) in [7, 11) is 0. The summed E-state index contributed by atoms with van der Waals surface area (Å²) in [5.74, 6) is 1.14. The van der Waals surface area contributed by atoms with Crippen molar-refractivity contribution >= 4 is 34.4 Å². The molecule has 0 atom stereocenters. The van der Waals surface area contributed by atoms with Gasteiger partial charge in [0.1, 0.15) is 17.8 Å². The molecule has 36 heavy (non-hydrogen) atoms. The van der Waals surface area contributed by atoms with Crippen LogP contribution in [-0.4, -0.2) is 55.6 Å². The molecule has 2 aliphatic rings. The molecule has 0 radical (unpaired) electrons. The normalized spacial score (nSPS) is 16.8. The third kappa shape index (κ3) is 4.35. The summed E-state index contributed by atoms with van der Waals surface area (Å²) in [6.07, 6.45) is 5.29. The van der Waals surface area contributed by atoms with E-state index in [1.165, 1.54) is 6.33 Å². The summed E-state index contributed by atoms with van der Waals surface area (Å²) < 4.78 is 8.23. The van der Waals surface area contributed by atoms with E-state index in [-0.39, 0.29) is 11.5 Å². The SMILES string of the molecule is Cc1ccnc(Cn2c(-c3ccc(N4CCNC(=O)C4)cc3Cl)nc3c(OC4(C)CC4)ncnc32)c1. The number of hydrogen-bond acceptors (Lipinski definition) is 7. The fourth-order valence-electron chi connectivity index (χ4n) is 4.45. The van der Waals surface area contributed by atoms with Crippen molar-refractivity contribution in [2.45, 2.75) is 38.8 Å². The van der Waals surface area contributed by atoms with Crippen LogP contribution in [0.25, 0.3) is 22.6 Å². The highest BCUT2D eigenvalue weighted by molar-refractivity contribution is 6.33. The first-order valence-electron chi connectivity index (χ1n) is 12.0. The van der Waals surface area contributed by atoms with Gasteiger partial charge in [0.25, 0.3) is 0 Å². The Morgan fingerprint density at radius 1 is 1.17 bits per heavy atom. The zero-order valence-electron chi connectivity index (χ0n) is 20.2. The number of anilines is 1. The van der Waals surface area contributed by atoms with Crippen molar-refractivity contribution in [3.05, 3.63) is 59.1 Å². The number of benzene rings is 1. The molecular weight excluding hydrogens is 478 g/mol. The van der Waals surface area contributed by atoms with Gasteiger partial charge in [0, 0.05) is 30.5 Å². The predicted octanol–water partition coefficient (Wildman–Crippen LogP) is 3.77. The Balaban J connectivity index is 1.46. The maximum atomic E-state index is 11.9. The van der Waals surface area contributed by atoms with E-state index in [0.717, 1.165) is 41.9 Å². The van der Waals surface area contributed by atoms with Crippen molar-refractivity contribution in [1.82, 2.24) is 29.8 Å². The van der Waals surface area contributed by atoms with Crippen molar-refractivity contribution in [1.29, 1.82) is 0 Å². The molecule has 3 aromatic heterocycles. The Labute approximate surface area is 213 Å². The van der Waals surface area contributed by atoms with Gasteiger partial charge in [-0.2, -0.15) is 4.98 Å². The van der Waals surface area contributed by atoms with E-state index in [1.807, 2.05) is 46.7 Å². The molecule has 1 aromatic carbocycles. The number of piperazine rings is 1. The average molecular weight is 504 g/mol. The van der Waals surface area contributed by atoms with E-state index in [4.69, 9.17) is 21.3 Å². The predicted molar refractivity (Wildman–Crippen MR) is 137 cm³/mol. The van der Waals surface area contributed by atoms with Crippen molar-refractivity contribution in [2.75, 3.05) is 24.5 Å². The summed E-state index contributed by atoms with van der Waals surface area (Å²) in [5.41, 5.74) is 4.72. The lowest BCUT2D eigenvalue weighted by Gasteiger charge is -2.29. The molecule has 9 nitrogen and oxygen atoms in total. The number of halogens is 1. The highest BCUT2D eigenvalue weighted by Crippen LogP contribution is 2.41. The minimum Gasteiger partial charge on any atom is -0.470 e. The average Bonchev–Trinajstić information content (AvgIpc) is 3.47. The monoisotopic (exact) mass is 503 g/mol. The number of fused-ring (bicyclic) bond motifs is 1. The van der Waals surface area contributed by atoms with Crippen molar-refractivity contribution in [3.63, 3.8) is 0 Å². The lowest BCUT2D eigenvalue weighted by atomic mass is 10.1. The Kier molecular flexibility index (Phi) is 5.52. The highest BCUT2D eigenvalue weighted by atomic mass is 35.5. The van der Waals surface area contributed by atoms with Gasteiger partial charge in [-0.25, -0.2) is 9.97 Å². The van der Waals surface area contributed by atoms with Gasteiger partial charge in [-0.05, 0) is 62.6 Å². The van der Waals surface area contributed by atoms with Crippen LogP contribution in [0.2, 0.25) is 5.02 Å². The number of carbonyl (C=O) groups excluding carboxylic acids is 1. The van der Waals surface area contributed by atoms with Gasteiger partial charge in [-0.3, -0.25) is 9.78 Å². The summed E-state index contributed by atoms with van der Waals surface area (Å²) >= 11 is 6.84. The maximum Gasteiger partial charge on any atom is 0.245 e. The molecule has 10 heteroatoms. The number of imidazole rings is 1. The molecule has 6 rings (SSSR count). The van der Waals surface area contributed by atoms with Gasteiger partial charge in [0.15, 0.2) is 11.2 Å². The van der Waals surface area contributed by atoms with Crippen LogP contribution in [-0.2, 0) is 11.3 Å². The molecule has 2 fully saturated rings. The summed E-state index contributed by atoms with van der Waals surface area (Å²) in [6, 6.07) is 9.83. The fraction of sp³-hybridized carbons (Fsp3) is 0.346. The lowest BCUT2D eigenvalue weighted by Crippen LogP contribution is -2.47. The molecular formula is C26H26ClN7O2. The maximum absolute atomic E-state index is 11.9. The molecule has 0 unspecified atom stereocenters. The van der Waals surface area contributed by atoms with E-state index in [2.05, 4.69) is 27.2 Å². The molecule has 184 valence electrons. The number of nitrogens with one attached hydrogen (secondary N) is 1. The minimum absolute atomic E-state index is 0.00404. The van der Waals surface area contributed by atoms with Crippen LogP contribution in [0.5, 0.6) is 5.88 Å². The first-order chi connectivity index (χ1) is 17.4. The van der Waals surface area contributed by atoms with Gasteiger partial charge < -0.3 is 19.5 Å². The van der Waals surface area contributed by atoms with Crippen molar-refractivity contribution < 1.29 is 9.53 Å². The van der Waals surface area contributed by atoms with Crippen LogP contribution in [0.3, 0.4) is 0 Å². The van der Waals surface area contributed by atoms with Crippen LogP contribution >= 0.6 is 11.6 Å². The number of pyridine rings is 1. The summed E-state index contributed by atoms with van der Waals surface area (Å²) in [6.45, 7) is 6.23. The van der Waals surface area contributed by atoms with Crippen LogP contribution in [0.1, 0.15) is 31.0 Å². The van der Waals surface area contributed by atoms with Crippen LogP contribution in [0.4, 0.5) is 5.69 Å². The number of hydrogen-bond donors (Lipinski definition) is 1. The molecule has 1 aliphatic heterocycles.